The van der Waals surface area contributed by atoms with Crippen LogP contribution in [0.2, 0.25) is 5.02 Å². The van der Waals surface area contributed by atoms with Gasteiger partial charge in [0.25, 0.3) is 0 Å². The number of halogens is 2. The molecular formula is C15H15BrClNO2. The van der Waals surface area contributed by atoms with Crippen LogP contribution in [0.25, 0.3) is 0 Å². The zero-order valence-corrected chi connectivity index (χ0v) is 13.2. The topological polar surface area (TPSA) is 44.5 Å². The Labute approximate surface area is 131 Å². The maximum absolute atomic E-state index is 5.87. The number of hydrogen-bond donors (Lipinski definition) is 1. The Hall–Kier alpha value is -1.39. The summed E-state index contributed by atoms with van der Waals surface area (Å²) in [5.74, 6) is 1.55. The predicted molar refractivity (Wildman–Crippen MR) is 85.6 cm³/mol. The molecule has 0 aliphatic heterocycles. The van der Waals surface area contributed by atoms with E-state index in [1.54, 1.807) is 18.2 Å². The molecule has 20 heavy (non-hydrogen) atoms. The molecule has 3 nitrogen and oxygen atoms in total. The SMILES string of the molecule is Nc1cccc(OCCCOc2ccc(Cl)cc2Br)c1. The van der Waals surface area contributed by atoms with Crippen LogP contribution in [0.4, 0.5) is 5.69 Å². The minimum Gasteiger partial charge on any atom is -0.493 e. The average molecular weight is 357 g/mol. The smallest absolute Gasteiger partial charge is 0.133 e. The molecule has 0 saturated heterocycles. The van der Waals surface area contributed by atoms with E-state index in [0.717, 1.165) is 22.4 Å². The molecule has 0 radical (unpaired) electrons. The fourth-order valence-electron chi connectivity index (χ4n) is 1.63. The maximum atomic E-state index is 5.87. The number of rotatable bonds is 6. The van der Waals surface area contributed by atoms with Crippen molar-refractivity contribution in [1.29, 1.82) is 0 Å². The molecule has 2 aromatic carbocycles. The molecule has 0 amide bonds. The third-order valence-electron chi connectivity index (χ3n) is 2.57. The van der Waals surface area contributed by atoms with E-state index in [1.807, 2.05) is 24.3 Å². The Morgan fingerprint density at radius 3 is 2.60 bits per heavy atom. The summed E-state index contributed by atoms with van der Waals surface area (Å²) in [6.45, 7) is 1.15. The van der Waals surface area contributed by atoms with E-state index in [-0.39, 0.29) is 0 Å². The number of benzene rings is 2. The van der Waals surface area contributed by atoms with Crippen LogP contribution in [0, 0.1) is 0 Å². The molecule has 0 unspecified atom stereocenters. The van der Waals surface area contributed by atoms with E-state index >= 15 is 0 Å². The summed E-state index contributed by atoms with van der Waals surface area (Å²) in [5.41, 5.74) is 6.37. The molecule has 0 saturated carbocycles. The molecule has 0 aliphatic rings. The van der Waals surface area contributed by atoms with Gasteiger partial charge in [0.1, 0.15) is 11.5 Å². The molecule has 106 valence electrons. The summed E-state index contributed by atoms with van der Waals surface area (Å²) in [6, 6.07) is 12.8. The molecule has 0 spiro atoms. The van der Waals surface area contributed by atoms with Gasteiger partial charge in [-0.2, -0.15) is 0 Å². The van der Waals surface area contributed by atoms with Gasteiger partial charge in [-0.15, -0.1) is 0 Å². The Bertz CT molecular complexity index is 578. The first-order valence-corrected chi connectivity index (χ1v) is 7.38. The first kappa shape index (κ1) is 15.0. The lowest BCUT2D eigenvalue weighted by Crippen LogP contribution is -2.05. The minimum atomic E-state index is 0.572. The van der Waals surface area contributed by atoms with Crippen LogP contribution >= 0.6 is 27.5 Å². The van der Waals surface area contributed by atoms with Gasteiger partial charge < -0.3 is 15.2 Å². The quantitative estimate of drug-likeness (QED) is 0.611. The van der Waals surface area contributed by atoms with Crippen LogP contribution < -0.4 is 15.2 Å². The highest BCUT2D eigenvalue weighted by molar-refractivity contribution is 9.10. The van der Waals surface area contributed by atoms with Crippen molar-refractivity contribution in [2.24, 2.45) is 0 Å². The minimum absolute atomic E-state index is 0.572. The maximum Gasteiger partial charge on any atom is 0.133 e. The van der Waals surface area contributed by atoms with Gasteiger partial charge in [-0.3, -0.25) is 0 Å². The van der Waals surface area contributed by atoms with E-state index in [4.69, 9.17) is 26.8 Å². The Balaban J connectivity index is 1.71. The molecule has 0 aliphatic carbocycles. The molecule has 2 N–H and O–H groups in total. The number of nitrogens with two attached hydrogens (primary N) is 1. The molecule has 0 aromatic heterocycles. The van der Waals surface area contributed by atoms with Crippen molar-refractivity contribution >= 4 is 33.2 Å². The molecule has 2 rings (SSSR count). The van der Waals surface area contributed by atoms with Gasteiger partial charge in [0, 0.05) is 23.2 Å². The third-order valence-corrected chi connectivity index (χ3v) is 3.42. The van der Waals surface area contributed by atoms with Crippen molar-refractivity contribution in [3.8, 4) is 11.5 Å². The Kier molecular flexibility index (Phi) is 5.56. The van der Waals surface area contributed by atoms with Crippen molar-refractivity contribution in [3.63, 3.8) is 0 Å². The Morgan fingerprint density at radius 2 is 1.85 bits per heavy atom. The molecular weight excluding hydrogens is 342 g/mol. The van der Waals surface area contributed by atoms with Crippen LogP contribution in [0.1, 0.15) is 6.42 Å². The van der Waals surface area contributed by atoms with E-state index in [0.29, 0.717) is 23.9 Å². The van der Waals surface area contributed by atoms with Crippen LogP contribution in [-0.2, 0) is 0 Å². The fourth-order valence-corrected chi connectivity index (χ4v) is 2.42. The largest absolute Gasteiger partial charge is 0.493 e. The van der Waals surface area contributed by atoms with E-state index < -0.39 is 0 Å². The van der Waals surface area contributed by atoms with E-state index in [1.165, 1.54) is 0 Å². The summed E-state index contributed by atoms with van der Waals surface area (Å²) in [6.07, 6.45) is 0.782. The third kappa shape index (κ3) is 4.62. The first-order chi connectivity index (χ1) is 9.65. The second kappa shape index (κ2) is 7.41. The van der Waals surface area contributed by atoms with Gasteiger partial charge in [-0.05, 0) is 46.3 Å². The number of nitrogen functional groups attached to an aromatic ring is 1. The average Bonchev–Trinajstić information content (AvgIpc) is 2.41. The first-order valence-electron chi connectivity index (χ1n) is 6.21. The summed E-state index contributed by atoms with van der Waals surface area (Å²) in [5, 5.41) is 0.675. The van der Waals surface area contributed by atoms with E-state index in [9.17, 15) is 0 Å². The molecule has 0 heterocycles. The summed E-state index contributed by atoms with van der Waals surface area (Å²) < 4.78 is 12.1. The zero-order valence-electron chi connectivity index (χ0n) is 10.8. The highest BCUT2D eigenvalue weighted by Crippen LogP contribution is 2.28. The number of ether oxygens (including phenoxy) is 2. The lowest BCUT2D eigenvalue weighted by Gasteiger charge is -2.09. The molecule has 0 atom stereocenters. The summed E-state index contributed by atoms with van der Waals surface area (Å²) in [4.78, 5) is 0. The summed E-state index contributed by atoms with van der Waals surface area (Å²) >= 11 is 9.27. The van der Waals surface area contributed by atoms with Crippen molar-refractivity contribution in [2.75, 3.05) is 18.9 Å². The van der Waals surface area contributed by atoms with Crippen LogP contribution in [0.3, 0.4) is 0 Å². The van der Waals surface area contributed by atoms with Crippen molar-refractivity contribution in [3.05, 3.63) is 52.0 Å². The Morgan fingerprint density at radius 1 is 1.05 bits per heavy atom. The highest BCUT2D eigenvalue weighted by Gasteiger charge is 2.01. The van der Waals surface area contributed by atoms with Crippen LogP contribution in [0.15, 0.2) is 46.9 Å². The lowest BCUT2D eigenvalue weighted by molar-refractivity contribution is 0.247. The molecule has 0 fully saturated rings. The highest BCUT2D eigenvalue weighted by atomic mass is 79.9. The predicted octanol–water partition coefficient (Wildman–Crippen LogP) is 4.53. The van der Waals surface area contributed by atoms with Gasteiger partial charge in [0.05, 0.1) is 17.7 Å². The monoisotopic (exact) mass is 355 g/mol. The van der Waals surface area contributed by atoms with Gasteiger partial charge in [-0.25, -0.2) is 0 Å². The lowest BCUT2D eigenvalue weighted by atomic mass is 10.3. The second-order valence-corrected chi connectivity index (χ2v) is 5.49. The number of anilines is 1. The van der Waals surface area contributed by atoms with Gasteiger partial charge in [0.2, 0.25) is 0 Å². The molecule has 5 heteroatoms. The summed E-state index contributed by atoms with van der Waals surface area (Å²) in [7, 11) is 0. The van der Waals surface area contributed by atoms with Gasteiger partial charge in [-0.1, -0.05) is 17.7 Å². The van der Waals surface area contributed by atoms with Gasteiger partial charge >= 0.3 is 0 Å². The zero-order chi connectivity index (χ0) is 14.4. The van der Waals surface area contributed by atoms with Crippen molar-refractivity contribution in [1.82, 2.24) is 0 Å². The van der Waals surface area contributed by atoms with Crippen LogP contribution in [0.5, 0.6) is 11.5 Å². The van der Waals surface area contributed by atoms with Crippen LogP contribution in [-0.4, -0.2) is 13.2 Å². The van der Waals surface area contributed by atoms with Gasteiger partial charge in [0.15, 0.2) is 0 Å². The van der Waals surface area contributed by atoms with E-state index in [2.05, 4.69) is 15.9 Å². The molecule has 0 bridgehead atoms. The van der Waals surface area contributed by atoms with Crippen molar-refractivity contribution < 1.29 is 9.47 Å². The fraction of sp³-hybridized carbons (Fsp3) is 0.200. The second-order valence-electron chi connectivity index (χ2n) is 4.20. The standard InChI is InChI=1S/C15H15BrClNO2/c16-14-9-11(17)5-6-15(14)20-8-2-7-19-13-4-1-3-12(18)10-13/h1,3-6,9-10H,2,7-8,18H2. The van der Waals surface area contributed by atoms with Crippen molar-refractivity contribution in [2.45, 2.75) is 6.42 Å². The normalized spacial score (nSPS) is 10.3. The molecule has 2 aromatic rings. The number of hydrogen-bond acceptors (Lipinski definition) is 3.